The predicted octanol–water partition coefficient (Wildman–Crippen LogP) is 13.0. The van der Waals surface area contributed by atoms with Crippen LogP contribution >= 0.6 is 11.3 Å². The van der Waals surface area contributed by atoms with Gasteiger partial charge in [0.1, 0.15) is 0 Å². The minimum Gasteiger partial charge on any atom is -0.309 e. The standard InChI is InChI=1S/C48H42N2SSi2/c1-52(2,3)35-23-27-44-41(29-35)42-30-36(53(4,5)6)24-28-45(42)49(44)33-19-15-31(16-20-33)32-17-21-34(22-18-32)50-43-13-9-7-11-37(43)39-25-26-40-38-12-8-10-14-46(38)51-48(40)47(39)50/h7-30H,1-6H3. The largest absolute Gasteiger partial charge is 0.309 e. The van der Waals surface area contributed by atoms with Gasteiger partial charge in [0.15, 0.2) is 0 Å². The molecule has 0 saturated carbocycles. The fourth-order valence-corrected chi connectivity index (χ4v) is 11.9. The van der Waals surface area contributed by atoms with Crippen molar-refractivity contribution in [2.75, 3.05) is 0 Å². The monoisotopic (exact) mass is 734 g/mol. The van der Waals surface area contributed by atoms with Gasteiger partial charge in [-0.1, -0.05) is 147 Å². The Morgan fingerprint density at radius 2 is 0.887 bits per heavy atom. The van der Waals surface area contributed by atoms with Gasteiger partial charge in [-0.3, -0.25) is 0 Å². The van der Waals surface area contributed by atoms with E-state index in [0.717, 1.165) is 0 Å². The summed E-state index contributed by atoms with van der Waals surface area (Å²) < 4.78 is 7.62. The maximum Gasteiger partial charge on any atom is 0.0776 e. The second-order valence-electron chi connectivity index (χ2n) is 16.7. The maximum atomic E-state index is 2.49. The Morgan fingerprint density at radius 1 is 0.396 bits per heavy atom. The zero-order chi connectivity index (χ0) is 36.2. The van der Waals surface area contributed by atoms with Gasteiger partial charge >= 0.3 is 0 Å². The SMILES string of the molecule is C[Si](C)(C)c1ccc2c(c1)c1cc([Si](C)(C)C)ccc1n2-c1ccc(-c2ccc(-n3c4ccccc4c4ccc5c6ccccc6sc5c43)cc2)cc1. The van der Waals surface area contributed by atoms with Crippen molar-refractivity contribution in [3.05, 3.63) is 146 Å². The van der Waals surface area contributed by atoms with Gasteiger partial charge < -0.3 is 9.13 Å². The van der Waals surface area contributed by atoms with E-state index in [0.29, 0.717) is 0 Å². The van der Waals surface area contributed by atoms with E-state index in [1.54, 1.807) is 0 Å². The number of fused-ring (bicyclic) bond motifs is 10. The molecule has 0 radical (unpaired) electrons. The summed E-state index contributed by atoms with van der Waals surface area (Å²) in [5.74, 6) is 0. The van der Waals surface area contributed by atoms with Gasteiger partial charge in [0.25, 0.3) is 0 Å². The zero-order valence-corrected chi connectivity index (χ0v) is 34.0. The predicted molar refractivity (Wildman–Crippen MR) is 239 cm³/mol. The minimum atomic E-state index is -1.47. The zero-order valence-electron chi connectivity index (χ0n) is 31.2. The third-order valence-corrected chi connectivity index (χ3v) is 16.5. The molecule has 2 nitrogen and oxygen atoms in total. The highest BCUT2D eigenvalue weighted by molar-refractivity contribution is 7.26. The van der Waals surface area contributed by atoms with E-state index in [9.17, 15) is 0 Å². The van der Waals surface area contributed by atoms with Crippen LogP contribution in [0.3, 0.4) is 0 Å². The Kier molecular flexibility index (Phi) is 7.13. The molecule has 0 fully saturated rings. The Hall–Kier alpha value is -5.21. The Labute approximate surface area is 316 Å². The summed E-state index contributed by atoms with van der Waals surface area (Å²) >= 11 is 1.90. The molecular weight excluding hydrogens is 693 g/mol. The average Bonchev–Trinajstić information content (AvgIpc) is 3.81. The molecule has 0 N–H and O–H groups in total. The van der Waals surface area contributed by atoms with Crippen LogP contribution in [0.1, 0.15) is 0 Å². The third-order valence-electron chi connectivity index (χ3n) is 11.3. The molecule has 10 rings (SSSR count). The molecular formula is C48H42N2SSi2. The summed E-state index contributed by atoms with van der Waals surface area (Å²) in [6.07, 6.45) is 0. The molecule has 3 heterocycles. The van der Waals surface area contributed by atoms with Crippen LogP contribution in [0.5, 0.6) is 0 Å². The molecule has 0 amide bonds. The summed E-state index contributed by atoms with van der Waals surface area (Å²) in [4.78, 5) is 0. The maximum absolute atomic E-state index is 2.49. The van der Waals surface area contributed by atoms with Crippen molar-refractivity contribution in [3.8, 4) is 22.5 Å². The molecule has 5 heteroatoms. The van der Waals surface area contributed by atoms with Crippen molar-refractivity contribution in [1.82, 2.24) is 9.13 Å². The lowest BCUT2D eigenvalue weighted by Crippen LogP contribution is -2.37. The van der Waals surface area contributed by atoms with Crippen molar-refractivity contribution in [2.24, 2.45) is 0 Å². The molecule has 10 aromatic rings. The second kappa shape index (κ2) is 11.6. The fraction of sp³-hybridized carbons (Fsp3) is 0.125. The van der Waals surface area contributed by atoms with E-state index in [2.05, 4.69) is 194 Å². The van der Waals surface area contributed by atoms with Gasteiger partial charge in [0, 0.05) is 48.4 Å². The first-order valence-corrected chi connectivity index (χ1v) is 26.5. The summed E-state index contributed by atoms with van der Waals surface area (Å²) in [5, 5.41) is 11.0. The third kappa shape index (κ3) is 5.09. The molecule has 0 aliphatic rings. The molecule has 0 spiro atoms. The van der Waals surface area contributed by atoms with E-state index in [-0.39, 0.29) is 0 Å². The number of hydrogen-bond donors (Lipinski definition) is 0. The normalized spacial score (nSPS) is 12.7. The van der Waals surface area contributed by atoms with Crippen LogP contribution in [-0.2, 0) is 0 Å². The lowest BCUT2D eigenvalue weighted by Gasteiger charge is -2.17. The molecule has 0 bridgehead atoms. The molecule has 53 heavy (non-hydrogen) atoms. The van der Waals surface area contributed by atoms with Crippen LogP contribution in [0, 0.1) is 0 Å². The molecule has 0 aliphatic heterocycles. The summed E-state index contributed by atoms with van der Waals surface area (Å²) in [5.41, 5.74) is 9.92. The summed E-state index contributed by atoms with van der Waals surface area (Å²) in [7, 11) is -2.95. The van der Waals surface area contributed by atoms with Gasteiger partial charge in [-0.05, 0) is 59.7 Å². The van der Waals surface area contributed by atoms with Gasteiger partial charge in [0.05, 0.1) is 42.9 Å². The molecule has 0 saturated heterocycles. The molecule has 0 atom stereocenters. The number of hydrogen-bond acceptors (Lipinski definition) is 1. The minimum absolute atomic E-state index is 1.18. The van der Waals surface area contributed by atoms with Gasteiger partial charge in [-0.2, -0.15) is 0 Å². The van der Waals surface area contributed by atoms with Crippen LogP contribution in [0.15, 0.2) is 146 Å². The first-order valence-electron chi connectivity index (χ1n) is 18.7. The number of benzene rings is 7. The van der Waals surface area contributed by atoms with E-state index >= 15 is 0 Å². The lowest BCUT2D eigenvalue weighted by molar-refractivity contribution is 1.18. The van der Waals surface area contributed by atoms with Crippen LogP contribution in [0.2, 0.25) is 39.3 Å². The Balaban J connectivity index is 1.07. The van der Waals surface area contributed by atoms with Gasteiger partial charge in [-0.15, -0.1) is 11.3 Å². The number of thiophene rings is 1. The Bertz CT molecular complexity index is 2980. The lowest BCUT2D eigenvalue weighted by atomic mass is 10.0. The fourth-order valence-electron chi connectivity index (χ4n) is 8.34. The summed E-state index contributed by atoms with van der Waals surface area (Å²) in [6, 6.07) is 55.1. The smallest absolute Gasteiger partial charge is 0.0776 e. The Morgan fingerprint density at radius 3 is 1.47 bits per heavy atom. The highest BCUT2D eigenvalue weighted by Crippen LogP contribution is 2.43. The van der Waals surface area contributed by atoms with Crippen LogP contribution in [-0.4, -0.2) is 25.3 Å². The summed E-state index contributed by atoms with van der Waals surface area (Å²) in [6.45, 7) is 14.7. The van der Waals surface area contributed by atoms with Crippen molar-refractivity contribution in [1.29, 1.82) is 0 Å². The van der Waals surface area contributed by atoms with E-state index in [4.69, 9.17) is 0 Å². The number of para-hydroxylation sites is 1. The van der Waals surface area contributed by atoms with Gasteiger partial charge in [0.2, 0.25) is 0 Å². The topological polar surface area (TPSA) is 9.86 Å². The van der Waals surface area contributed by atoms with Crippen molar-refractivity contribution in [2.45, 2.75) is 39.3 Å². The van der Waals surface area contributed by atoms with Gasteiger partial charge in [-0.25, -0.2) is 0 Å². The van der Waals surface area contributed by atoms with Crippen LogP contribution in [0.25, 0.3) is 86.3 Å². The number of nitrogens with zero attached hydrogens (tertiary/aromatic N) is 2. The van der Waals surface area contributed by atoms with Crippen molar-refractivity contribution >= 4 is 102 Å². The first kappa shape index (κ1) is 32.4. The second-order valence-corrected chi connectivity index (χ2v) is 27.9. The number of rotatable bonds is 5. The van der Waals surface area contributed by atoms with Crippen molar-refractivity contribution < 1.29 is 0 Å². The molecule has 3 aromatic heterocycles. The first-order chi connectivity index (χ1) is 25.5. The van der Waals surface area contributed by atoms with E-state index in [1.807, 2.05) is 11.3 Å². The number of aromatic nitrogens is 2. The molecule has 0 unspecified atom stereocenters. The molecule has 7 aromatic carbocycles. The van der Waals surface area contributed by atoms with E-state index in [1.165, 1.54) is 96.7 Å². The highest BCUT2D eigenvalue weighted by Gasteiger charge is 2.23. The van der Waals surface area contributed by atoms with Crippen LogP contribution in [0.4, 0.5) is 0 Å². The average molecular weight is 735 g/mol. The quantitative estimate of drug-likeness (QED) is 0.156. The highest BCUT2D eigenvalue weighted by atomic mass is 32.1. The molecule has 0 aliphatic carbocycles. The molecule has 258 valence electrons. The van der Waals surface area contributed by atoms with Crippen molar-refractivity contribution in [3.63, 3.8) is 0 Å². The van der Waals surface area contributed by atoms with Crippen LogP contribution < -0.4 is 10.4 Å². The van der Waals surface area contributed by atoms with E-state index < -0.39 is 16.1 Å².